The topological polar surface area (TPSA) is 102 Å². The molecule has 0 saturated carbocycles. The van der Waals surface area contributed by atoms with Gasteiger partial charge in [0.05, 0.1) is 11.6 Å². The van der Waals surface area contributed by atoms with Crippen LogP contribution in [0.1, 0.15) is 62.4 Å². The van der Waals surface area contributed by atoms with Crippen LogP contribution in [0.2, 0.25) is 0 Å². The van der Waals surface area contributed by atoms with Gasteiger partial charge in [-0.2, -0.15) is 4.98 Å². The standard InChI is InChI=1S/C35H42N6O4/c1-24(2)41-31(42)15-12-28-20-36-33(38-32(28)41)37-25(3)27-10-13-29(14-11-27)35(16-18-44-19-17-35)39(4)30-21-40(22-30)34(43)45-23-26-8-6-5-7-9-26/h5-15,20,24-25,30H,16-19,21-23H2,1-4H3,(H,36,37,38)/t25-/m0/s1. The summed E-state index contributed by atoms with van der Waals surface area (Å²) in [6.07, 6.45) is 3.26. The van der Waals surface area contributed by atoms with Crippen LogP contribution < -0.4 is 10.9 Å². The third kappa shape index (κ3) is 6.30. The van der Waals surface area contributed by atoms with Gasteiger partial charge in [-0.3, -0.25) is 14.3 Å². The summed E-state index contributed by atoms with van der Waals surface area (Å²) in [5.41, 5.74) is 3.71. The number of amides is 1. The third-order valence-corrected chi connectivity index (χ3v) is 9.35. The van der Waals surface area contributed by atoms with Crippen molar-refractivity contribution in [1.29, 1.82) is 0 Å². The molecule has 1 N–H and O–H groups in total. The first-order valence-corrected chi connectivity index (χ1v) is 15.8. The number of carbonyl (C=O) groups excluding carboxylic acids is 1. The zero-order valence-corrected chi connectivity index (χ0v) is 26.5. The molecule has 2 aromatic heterocycles. The first kappa shape index (κ1) is 30.7. The Labute approximate surface area is 264 Å². The highest BCUT2D eigenvalue weighted by molar-refractivity contribution is 5.75. The number of nitrogens with zero attached hydrogens (tertiary/aromatic N) is 5. The number of benzene rings is 2. The Balaban J connectivity index is 1.13. The average molecular weight is 611 g/mol. The molecule has 4 aromatic rings. The van der Waals surface area contributed by atoms with Crippen LogP contribution in [0.3, 0.4) is 0 Å². The molecule has 2 aliphatic rings. The van der Waals surface area contributed by atoms with E-state index >= 15 is 0 Å². The SMILES string of the molecule is CC(C)n1c(=O)ccc2cnc(N[C@@H](C)c3ccc(C4(N(C)C5CN(C(=O)OCc6ccccc6)C5)CCOCC4)cc3)nc21. The molecule has 1 amide bonds. The summed E-state index contributed by atoms with van der Waals surface area (Å²) < 4.78 is 13.0. The maximum atomic E-state index is 12.7. The Bertz CT molecular complexity index is 1680. The fourth-order valence-corrected chi connectivity index (χ4v) is 6.53. The van der Waals surface area contributed by atoms with Crippen LogP contribution in [-0.4, -0.2) is 69.8 Å². The van der Waals surface area contributed by atoms with Crippen molar-refractivity contribution in [3.05, 3.63) is 100.0 Å². The van der Waals surface area contributed by atoms with E-state index in [2.05, 4.69) is 53.4 Å². The quantitative estimate of drug-likeness (QED) is 0.265. The summed E-state index contributed by atoms with van der Waals surface area (Å²) in [7, 11) is 2.18. The zero-order valence-electron chi connectivity index (χ0n) is 26.5. The summed E-state index contributed by atoms with van der Waals surface area (Å²) >= 11 is 0. The van der Waals surface area contributed by atoms with Gasteiger partial charge in [0.15, 0.2) is 0 Å². The van der Waals surface area contributed by atoms with Gasteiger partial charge in [-0.1, -0.05) is 54.6 Å². The molecule has 4 heterocycles. The molecule has 2 saturated heterocycles. The van der Waals surface area contributed by atoms with Gasteiger partial charge in [0, 0.05) is 56.0 Å². The van der Waals surface area contributed by atoms with Crippen molar-refractivity contribution in [2.45, 2.75) is 63.9 Å². The minimum absolute atomic E-state index is 0.0129. The Kier molecular flexibility index (Phi) is 8.87. The van der Waals surface area contributed by atoms with E-state index < -0.39 is 0 Å². The van der Waals surface area contributed by atoms with Crippen molar-refractivity contribution < 1.29 is 14.3 Å². The Morgan fingerprint density at radius 1 is 1.04 bits per heavy atom. The highest BCUT2D eigenvalue weighted by Crippen LogP contribution is 2.40. The Morgan fingerprint density at radius 3 is 2.44 bits per heavy atom. The summed E-state index contributed by atoms with van der Waals surface area (Å²) in [4.78, 5) is 38.6. The van der Waals surface area contributed by atoms with Crippen molar-refractivity contribution in [3.8, 4) is 0 Å². The minimum atomic E-state index is -0.266. The summed E-state index contributed by atoms with van der Waals surface area (Å²) in [5, 5.41) is 4.25. The van der Waals surface area contributed by atoms with Gasteiger partial charge in [-0.05, 0) is 63.4 Å². The average Bonchev–Trinajstić information content (AvgIpc) is 3.03. The molecule has 0 spiro atoms. The van der Waals surface area contributed by atoms with Crippen LogP contribution in [0.4, 0.5) is 10.7 Å². The highest BCUT2D eigenvalue weighted by atomic mass is 16.6. The van der Waals surface area contributed by atoms with Crippen molar-refractivity contribution in [1.82, 2.24) is 24.3 Å². The first-order valence-electron chi connectivity index (χ1n) is 15.8. The van der Waals surface area contributed by atoms with Gasteiger partial charge in [-0.25, -0.2) is 9.78 Å². The van der Waals surface area contributed by atoms with E-state index in [0.29, 0.717) is 37.9 Å². The predicted octanol–water partition coefficient (Wildman–Crippen LogP) is 5.50. The second-order valence-electron chi connectivity index (χ2n) is 12.4. The number of aromatic nitrogens is 3. The monoisotopic (exact) mass is 610 g/mol. The van der Waals surface area contributed by atoms with Gasteiger partial charge >= 0.3 is 6.09 Å². The number of rotatable bonds is 9. The Morgan fingerprint density at radius 2 is 1.76 bits per heavy atom. The lowest BCUT2D eigenvalue weighted by atomic mass is 9.79. The van der Waals surface area contributed by atoms with E-state index in [1.165, 1.54) is 5.56 Å². The number of carbonyl (C=O) groups is 1. The molecular formula is C35H42N6O4. The number of fused-ring (bicyclic) bond motifs is 1. The third-order valence-electron chi connectivity index (χ3n) is 9.35. The molecule has 0 bridgehead atoms. The number of likely N-dealkylation sites (tertiary alicyclic amines) is 1. The van der Waals surface area contributed by atoms with Crippen LogP contribution >= 0.6 is 0 Å². The first-order chi connectivity index (χ1) is 21.7. The Hall–Kier alpha value is -4.28. The maximum absolute atomic E-state index is 12.7. The van der Waals surface area contributed by atoms with Crippen LogP contribution in [0.15, 0.2) is 77.7 Å². The normalized spacial score (nSPS) is 17.3. The fourth-order valence-electron chi connectivity index (χ4n) is 6.53. The number of hydrogen-bond acceptors (Lipinski definition) is 8. The minimum Gasteiger partial charge on any atom is -0.445 e. The van der Waals surface area contributed by atoms with Crippen molar-refractivity contribution >= 4 is 23.1 Å². The molecule has 6 rings (SSSR count). The second-order valence-corrected chi connectivity index (χ2v) is 12.4. The molecule has 0 radical (unpaired) electrons. The molecule has 2 fully saturated rings. The number of anilines is 1. The van der Waals surface area contributed by atoms with E-state index in [1.54, 1.807) is 27.8 Å². The molecule has 10 heteroatoms. The van der Waals surface area contributed by atoms with E-state index in [1.807, 2.05) is 44.2 Å². The van der Waals surface area contributed by atoms with E-state index in [0.717, 1.165) is 29.4 Å². The number of hydrogen-bond donors (Lipinski definition) is 1. The summed E-state index contributed by atoms with van der Waals surface area (Å²) in [5.74, 6) is 0.483. The van der Waals surface area contributed by atoms with E-state index in [-0.39, 0.29) is 41.9 Å². The summed E-state index contributed by atoms with van der Waals surface area (Å²) in [6.45, 7) is 8.99. The highest BCUT2D eigenvalue weighted by Gasteiger charge is 2.45. The van der Waals surface area contributed by atoms with Crippen LogP contribution in [-0.2, 0) is 21.6 Å². The molecule has 1 atom stereocenters. The molecular weight excluding hydrogens is 568 g/mol. The van der Waals surface area contributed by atoms with Gasteiger partial charge in [-0.15, -0.1) is 0 Å². The summed E-state index contributed by atoms with van der Waals surface area (Å²) in [6, 6.07) is 22.0. The smallest absolute Gasteiger partial charge is 0.410 e. The van der Waals surface area contributed by atoms with E-state index in [9.17, 15) is 9.59 Å². The fraction of sp³-hybridized carbons (Fsp3) is 0.429. The molecule has 2 aromatic carbocycles. The molecule has 0 aliphatic carbocycles. The van der Waals surface area contributed by atoms with Gasteiger partial charge in [0.25, 0.3) is 5.56 Å². The molecule has 45 heavy (non-hydrogen) atoms. The number of likely N-dealkylation sites (N-methyl/N-ethyl adjacent to an activating group) is 1. The predicted molar refractivity (Wildman–Crippen MR) is 174 cm³/mol. The lowest BCUT2D eigenvalue weighted by molar-refractivity contribution is -0.0714. The molecule has 10 nitrogen and oxygen atoms in total. The van der Waals surface area contributed by atoms with Gasteiger partial charge in [0.2, 0.25) is 5.95 Å². The van der Waals surface area contributed by atoms with Crippen LogP contribution in [0, 0.1) is 0 Å². The van der Waals surface area contributed by atoms with Crippen molar-refractivity contribution in [2.75, 3.05) is 38.7 Å². The van der Waals surface area contributed by atoms with Crippen molar-refractivity contribution in [2.24, 2.45) is 0 Å². The molecule has 236 valence electrons. The zero-order chi connectivity index (χ0) is 31.6. The van der Waals surface area contributed by atoms with Gasteiger partial charge < -0.3 is 19.7 Å². The van der Waals surface area contributed by atoms with Gasteiger partial charge in [0.1, 0.15) is 12.3 Å². The lowest BCUT2D eigenvalue weighted by Crippen LogP contribution is -2.65. The van der Waals surface area contributed by atoms with Crippen molar-refractivity contribution in [3.63, 3.8) is 0 Å². The van der Waals surface area contributed by atoms with Crippen LogP contribution in [0.5, 0.6) is 0 Å². The number of ether oxygens (including phenoxy) is 2. The van der Waals surface area contributed by atoms with E-state index in [4.69, 9.17) is 14.5 Å². The second kappa shape index (κ2) is 13.0. The lowest BCUT2D eigenvalue weighted by Gasteiger charge is -2.53. The number of nitrogens with one attached hydrogen (secondary N) is 1. The van der Waals surface area contributed by atoms with Crippen LogP contribution in [0.25, 0.3) is 11.0 Å². The number of pyridine rings is 1. The largest absolute Gasteiger partial charge is 0.445 e. The molecule has 0 unspecified atom stereocenters. The maximum Gasteiger partial charge on any atom is 0.410 e. The molecule has 2 aliphatic heterocycles.